The van der Waals surface area contributed by atoms with Crippen LogP contribution >= 0.6 is 0 Å². The molecule has 0 saturated heterocycles. The molecule has 1 amide bonds. The third kappa shape index (κ3) is 5.28. The largest absolute Gasteiger partial charge is 0.464 e. The van der Waals surface area contributed by atoms with Crippen molar-refractivity contribution in [3.05, 3.63) is 71.8 Å². The molecule has 0 bridgehead atoms. The Morgan fingerprint density at radius 1 is 0.962 bits per heavy atom. The van der Waals surface area contributed by atoms with E-state index in [0.29, 0.717) is 0 Å². The zero-order valence-electron chi connectivity index (χ0n) is 15.0. The van der Waals surface area contributed by atoms with Gasteiger partial charge in [0.05, 0.1) is 6.61 Å². The van der Waals surface area contributed by atoms with Crippen LogP contribution in [-0.4, -0.2) is 30.3 Å². The summed E-state index contributed by atoms with van der Waals surface area (Å²) in [5.41, 5.74) is 1.62. The van der Waals surface area contributed by atoms with E-state index >= 15 is 0 Å². The Labute approximate surface area is 153 Å². The molecule has 0 aliphatic carbocycles. The first-order chi connectivity index (χ1) is 12.5. The van der Waals surface area contributed by atoms with Crippen LogP contribution in [0.5, 0.6) is 0 Å². The number of rotatable bonds is 8. The summed E-state index contributed by atoms with van der Waals surface area (Å²) in [7, 11) is 0. The summed E-state index contributed by atoms with van der Waals surface area (Å²) in [6, 6.07) is 17.4. The predicted molar refractivity (Wildman–Crippen MR) is 98.6 cm³/mol. The molecular formula is C21H23NO4. The van der Waals surface area contributed by atoms with Crippen LogP contribution in [0.15, 0.2) is 60.7 Å². The van der Waals surface area contributed by atoms with Gasteiger partial charge in [0, 0.05) is 12.3 Å². The molecule has 0 radical (unpaired) electrons. The van der Waals surface area contributed by atoms with Crippen molar-refractivity contribution in [2.45, 2.75) is 32.2 Å². The lowest BCUT2D eigenvalue weighted by atomic mass is 9.96. The Morgan fingerprint density at radius 2 is 1.54 bits per heavy atom. The van der Waals surface area contributed by atoms with E-state index in [1.54, 1.807) is 26.0 Å². The molecule has 1 N–H and O–H groups in total. The number of hydrogen-bond acceptors (Lipinski definition) is 4. The van der Waals surface area contributed by atoms with Crippen LogP contribution in [0.4, 0.5) is 0 Å². The van der Waals surface area contributed by atoms with E-state index in [1.165, 1.54) is 0 Å². The first kappa shape index (κ1) is 19.4. The summed E-state index contributed by atoms with van der Waals surface area (Å²) in [6.07, 6.45) is 0.262. The van der Waals surface area contributed by atoms with E-state index in [0.717, 1.165) is 11.1 Å². The molecule has 0 fully saturated rings. The van der Waals surface area contributed by atoms with Crippen LogP contribution in [0, 0.1) is 0 Å². The third-order valence-electron chi connectivity index (χ3n) is 4.08. The summed E-state index contributed by atoms with van der Waals surface area (Å²) in [5.74, 6) is -2.51. The Kier molecular flexibility index (Phi) is 7.09. The number of hydrogen-bond donors (Lipinski definition) is 1. The summed E-state index contributed by atoms with van der Waals surface area (Å²) < 4.78 is 5.04. The van der Waals surface area contributed by atoms with Gasteiger partial charge in [-0.25, -0.2) is 4.79 Å². The number of benzene rings is 2. The minimum atomic E-state index is -0.906. The van der Waals surface area contributed by atoms with Crippen LogP contribution in [0.1, 0.15) is 30.9 Å². The summed E-state index contributed by atoms with van der Waals surface area (Å²) in [5, 5.41) is 2.54. The second kappa shape index (κ2) is 9.51. The van der Waals surface area contributed by atoms with Gasteiger partial charge < -0.3 is 10.1 Å². The molecule has 0 saturated carbocycles. The van der Waals surface area contributed by atoms with Crippen molar-refractivity contribution in [3.63, 3.8) is 0 Å². The number of carbonyl (C=O) groups excluding carboxylic acids is 3. The molecule has 5 heteroatoms. The molecule has 2 aromatic rings. The smallest absolute Gasteiger partial charge is 0.328 e. The molecule has 136 valence electrons. The fourth-order valence-corrected chi connectivity index (χ4v) is 2.61. The van der Waals surface area contributed by atoms with Crippen molar-refractivity contribution in [2.24, 2.45) is 0 Å². The highest BCUT2D eigenvalue weighted by molar-refractivity contribution is 6.38. The molecule has 0 aliphatic rings. The van der Waals surface area contributed by atoms with E-state index in [2.05, 4.69) is 5.32 Å². The second-order valence-corrected chi connectivity index (χ2v) is 5.96. The zero-order chi connectivity index (χ0) is 18.9. The van der Waals surface area contributed by atoms with Crippen molar-refractivity contribution >= 4 is 17.7 Å². The summed E-state index contributed by atoms with van der Waals surface area (Å²) in [4.78, 5) is 37.0. The van der Waals surface area contributed by atoms with Crippen molar-refractivity contribution in [1.29, 1.82) is 0 Å². The van der Waals surface area contributed by atoms with E-state index in [1.807, 2.05) is 48.5 Å². The maximum Gasteiger partial charge on any atom is 0.328 e. The molecule has 5 nitrogen and oxygen atoms in total. The third-order valence-corrected chi connectivity index (χ3v) is 4.08. The Balaban J connectivity index is 2.09. The lowest BCUT2D eigenvalue weighted by molar-refractivity contribution is -0.148. The SMILES string of the molecule is CCOC(=O)[C@H](Cc1ccccc1)NC(=O)C(=O)C(C)c1ccccc1. The molecule has 1 unspecified atom stereocenters. The van der Waals surface area contributed by atoms with Crippen molar-refractivity contribution in [2.75, 3.05) is 6.61 Å². The van der Waals surface area contributed by atoms with Gasteiger partial charge in [-0.3, -0.25) is 9.59 Å². The maximum atomic E-state index is 12.4. The van der Waals surface area contributed by atoms with E-state index < -0.39 is 29.6 Å². The fourth-order valence-electron chi connectivity index (χ4n) is 2.61. The van der Waals surface area contributed by atoms with Crippen LogP contribution in [0.25, 0.3) is 0 Å². The van der Waals surface area contributed by atoms with Crippen molar-refractivity contribution in [3.8, 4) is 0 Å². The van der Waals surface area contributed by atoms with Gasteiger partial charge in [-0.2, -0.15) is 0 Å². The molecule has 0 spiro atoms. The summed E-state index contributed by atoms with van der Waals surface area (Å²) >= 11 is 0. The van der Waals surface area contributed by atoms with Gasteiger partial charge in [0.2, 0.25) is 5.78 Å². The normalized spacial score (nSPS) is 12.7. The van der Waals surface area contributed by atoms with Crippen LogP contribution < -0.4 is 5.32 Å². The molecule has 0 heterocycles. The highest BCUT2D eigenvalue weighted by Gasteiger charge is 2.28. The van der Waals surface area contributed by atoms with Gasteiger partial charge in [0.1, 0.15) is 6.04 Å². The second-order valence-electron chi connectivity index (χ2n) is 5.96. The minimum absolute atomic E-state index is 0.203. The Hall–Kier alpha value is -2.95. The average Bonchev–Trinajstić information content (AvgIpc) is 2.68. The number of esters is 1. The van der Waals surface area contributed by atoms with Gasteiger partial charge in [0.25, 0.3) is 5.91 Å². The molecule has 0 aliphatic heterocycles. The Morgan fingerprint density at radius 3 is 2.12 bits per heavy atom. The highest BCUT2D eigenvalue weighted by atomic mass is 16.5. The van der Waals surface area contributed by atoms with Gasteiger partial charge in [-0.05, 0) is 18.1 Å². The average molecular weight is 353 g/mol. The quantitative estimate of drug-likeness (QED) is 0.585. The van der Waals surface area contributed by atoms with E-state index in [9.17, 15) is 14.4 Å². The minimum Gasteiger partial charge on any atom is -0.464 e. The van der Waals surface area contributed by atoms with Gasteiger partial charge in [0.15, 0.2) is 0 Å². The number of amides is 1. The van der Waals surface area contributed by atoms with Crippen molar-refractivity contribution < 1.29 is 19.1 Å². The number of ketones is 1. The molecule has 2 aromatic carbocycles. The van der Waals surface area contributed by atoms with Gasteiger partial charge in [-0.15, -0.1) is 0 Å². The first-order valence-corrected chi connectivity index (χ1v) is 8.63. The van der Waals surface area contributed by atoms with Gasteiger partial charge in [-0.1, -0.05) is 67.6 Å². The first-order valence-electron chi connectivity index (χ1n) is 8.63. The lowest BCUT2D eigenvalue weighted by Crippen LogP contribution is -2.47. The molecule has 2 atom stereocenters. The van der Waals surface area contributed by atoms with Crippen LogP contribution in [0.2, 0.25) is 0 Å². The molecule has 2 rings (SSSR count). The predicted octanol–water partition coefficient (Wildman–Crippen LogP) is 2.65. The number of ether oxygens (including phenoxy) is 1. The Bertz CT molecular complexity index is 743. The van der Waals surface area contributed by atoms with E-state index in [4.69, 9.17) is 4.74 Å². The summed E-state index contributed by atoms with van der Waals surface area (Å²) in [6.45, 7) is 3.57. The highest BCUT2D eigenvalue weighted by Crippen LogP contribution is 2.16. The van der Waals surface area contributed by atoms with E-state index in [-0.39, 0.29) is 13.0 Å². The number of carbonyl (C=O) groups is 3. The topological polar surface area (TPSA) is 72.5 Å². The standard InChI is InChI=1S/C21H23NO4/c1-3-26-21(25)18(14-16-10-6-4-7-11-16)22-20(24)19(23)15(2)17-12-8-5-9-13-17/h4-13,15,18H,3,14H2,1-2H3,(H,22,24)/t15?,18-/m0/s1. The maximum absolute atomic E-state index is 12.4. The zero-order valence-corrected chi connectivity index (χ0v) is 15.0. The number of Topliss-reactive ketones (excluding diaryl/α,β-unsaturated/α-hetero) is 1. The lowest BCUT2D eigenvalue weighted by Gasteiger charge is -2.18. The monoisotopic (exact) mass is 353 g/mol. The molecule has 26 heavy (non-hydrogen) atoms. The fraction of sp³-hybridized carbons (Fsp3) is 0.286. The van der Waals surface area contributed by atoms with Gasteiger partial charge >= 0.3 is 5.97 Å². The number of nitrogens with one attached hydrogen (secondary N) is 1. The van der Waals surface area contributed by atoms with Crippen LogP contribution in [-0.2, 0) is 25.5 Å². The van der Waals surface area contributed by atoms with Crippen LogP contribution in [0.3, 0.4) is 0 Å². The van der Waals surface area contributed by atoms with Crippen molar-refractivity contribution in [1.82, 2.24) is 5.32 Å². The molecular weight excluding hydrogens is 330 g/mol. The molecule has 0 aromatic heterocycles.